The predicted molar refractivity (Wildman–Crippen MR) is 135 cm³/mol. The van der Waals surface area contributed by atoms with Crippen molar-refractivity contribution in [3.8, 4) is 0 Å². The first-order valence-corrected chi connectivity index (χ1v) is 13.4. The highest BCUT2D eigenvalue weighted by molar-refractivity contribution is 5.96. The Morgan fingerprint density at radius 3 is 2.16 bits per heavy atom. The molecule has 2 unspecified atom stereocenters. The monoisotopic (exact) mass is 532 g/mol. The van der Waals surface area contributed by atoms with Gasteiger partial charge in [-0.25, -0.2) is 4.79 Å². The third-order valence-electron chi connectivity index (χ3n) is 9.30. The van der Waals surface area contributed by atoms with Gasteiger partial charge in [-0.2, -0.15) is 0 Å². The van der Waals surface area contributed by atoms with Crippen LogP contribution in [0, 0.1) is 29.1 Å². The predicted octanol–water partition coefficient (Wildman–Crippen LogP) is 3.07. The molecule has 10 atom stereocenters. The summed E-state index contributed by atoms with van der Waals surface area (Å²) in [5.74, 6) is -3.52. The van der Waals surface area contributed by atoms with E-state index < -0.39 is 64.9 Å². The van der Waals surface area contributed by atoms with Gasteiger partial charge in [-0.05, 0) is 50.2 Å². The van der Waals surface area contributed by atoms with Crippen LogP contribution < -0.4 is 0 Å². The van der Waals surface area contributed by atoms with Gasteiger partial charge in [0.15, 0.2) is 17.0 Å². The highest BCUT2D eigenvalue weighted by atomic mass is 16.7. The quantitative estimate of drug-likeness (QED) is 0.191. The molecule has 3 fully saturated rings. The Labute approximate surface area is 223 Å². The second kappa shape index (κ2) is 9.30. The highest BCUT2D eigenvalue weighted by Crippen LogP contribution is 2.68. The minimum Gasteiger partial charge on any atom is -0.461 e. The lowest BCUT2D eigenvalue weighted by molar-refractivity contribution is -0.157. The molecule has 0 aromatic rings. The molecule has 0 radical (unpaired) electrons. The summed E-state index contributed by atoms with van der Waals surface area (Å²) in [6, 6.07) is 0. The molecular weight excluding hydrogens is 492 g/mol. The molecule has 0 aromatic carbocycles. The molecule has 9 nitrogen and oxygen atoms in total. The zero-order chi connectivity index (χ0) is 28.5. The molecule has 0 amide bonds. The van der Waals surface area contributed by atoms with Crippen molar-refractivity contribution in [3.05, 3.63) is 23.3 Å². The summed E-state index contributed by atoms with van der Waals surface area (Å²) in [6.45, 7) is 15.2. The number of ketones is 1. The molecule has 0 spiro atoms. The molecule has 210 valence electrons. The number of allylic oxidation sites excluding steroid dienone is 1. The maximum absolute atomic E-state index is 14.2. The van der Waals surface area contributed by atoms with E-state index in [1.54, 1.807) is 39.8 Å². The summed E-state index contributed by atoms with van der Waals surface area (Å²) in [7, 11) is 0. The molecule has 4 rings (SSSR count). The summed E-state index contributed by atoms with van der Waals surface area (Å²) in [6.07, 6.45) is -0.143. The molecule has 38 heavy (non-hydrogen) atoms. The number of epoxide rings is 1. The van der Waals surface area contributed by atoms with Crippen LogP contribution in [0.4, 0.5) is 0 Å². The molecule has 0 bridgehead atoms. The SMILES string of the molecule is C/C=C(\C)C(=O)O[C@H]1C2C([C@@H](OC(C)=O)[C@@H](C)C(=O)[C@@]34C[C@H](C)[C@H](OC(C)=O)[C@]3(/C=C(/C)[C@H]1O)O4)C2(C)C. The number of Topliss-reactive ketones (excluding diaryl/α,β-unsaturated/α-hetero) is 1. The number of carbonyl (C=O) groups excluding carboxylic acids is 4. The van der Waals surface area contributed by atoms with Crippen molar-refractivity contribution in [1.82, 2.24) is 0 Å². The molecule has 3 aliphatic carbocycles. The Hall–Kier alpha value is -2.52. The summed E-state index contributed by atoms with van der Waals surface area (Å²) in [5.41, 5.74) is -2.22. The number of esters is 3. The van der Waals surface area contributed by atoms with Gasteiger partial charge >= 0.3 is 17.9 Å². The molecule has 1 aliphatic heterocycles. The standard InChI is InChI=1S/C29H40O9/c1-10-13(2)26(34)37-23-20-19(27(20,8)9)22(35-17(6)30)16(5)24(33)28-12-15(4)25(36-18(7)31)29(28,38-28)11-14(3)21(23)32/h10-11,15-16,19-23,25,32H,12H2,1-9H3/b13-10+,14-11-/t15-,16+,19?,20?,21+,22-,23-,25-,28-,29-/m0/s1. The number of fused-ring (bicyclic) bond motifs is 1. The van der Waals surface area contributed by atoms with Crippen molar-refractivity contribution in [2.24, 2.45) is 29.1 Å². The van der Waals surface area contributed by atoms with E-state index >= 15 is 0 Å². The summed E-state index contributed by atoms with van der Waals surface area (Å²) in [4.78, 5) is 51.3. The van der Waals surface area contributed by atoms with Crippen LogP contribution in [0.25, 0.3) is 0 Å². The van der Waals surface area contributed by atoms with E-state index in [4.69, 9.17) is 18.9 Å². The Morgan fingerprint density at radius 2 is 1.61 bits per heavy atom. The van der Waals surface area contributed by atoms with E-state index in [9.17, 15) is 24.3 Å². The Balaban J connectivity index is 1.87. The van der Waals surface area contributed by atoms with E-state index in [2.05, 4.69) is 0 Å². The Morgan fingerprint density at radius 1 is 1.03 bits per heavy atom. The van der Waals surface area contributed by atoms with Crippen LogP contribution in [-0.4, -0.2) is 64.4 Å². The first kappa shape index (κ1) is 28.5. The van der Waals surface area contributed by atoms with Gasteiger partial charge < -0.3 is 24.1 Å². The molecule has 4 aliphatic rings. The second-order valence-corrected chi connectivity index (χ2v) is 12.2. The van der Waals surface area contributed by atoms with Gasteiger partial charge in [0.2, 0.25) is 0 Å². The van der Waals surface area contributed by atoms with Crippen molar-refractivity contribution in [2.75, 3.05) is 0 Å². The van der Waals surface area contributed by atoms with Crippen molar-refractivity contribution in [2.45, 2.75) is 104 Å². The summed E-state index contributed by atoms with van der Waals surface area (Å²) >= 11 is 0. The van der Waals surface area contributed by atoms with E-state index in [0.29, 0.717) is 17.6 Å². The number of carbonyl (C=O) groups is 4. The van der Waals surface area contributed by atoms with Crippen molar-refractivity contribution >= 4 is 23.7 Å². The maximum Gasteiger partial charge on any atom is 0.333 e. The van der Waals surface area contributed by atoms with Gasteiger partial charge in [0, 0.05) is 31.3 Å². The Kier molecular flexibility index (Phi) is 6.97. The highest BCUT2D eigenvalue weighted by Gasteiger charge is 2.84. The first-order chi connectivity index (χ1) is 17.6. The van der Waals surface area contributed by atoms with Crippen LogP contribution >= 0.6 is 0 Å². The van der Waals surface area contributed by atoms with E-state index in [1.165, 1.54) is 13.8 Å². The third kappa shape index (κ3) is 4.13. The molecule has 9 heteroatoms. The van der Waals surface area contributed by atoms with E-state index in [0.717, 1.165) is 0 Å². The van der Waals surface area contributed by atoms with Crippen molar-refractivity contribution < 1.29 is 43.2 Å². The molecule has 1 saturated heterocycles. The lowest BCUT2D eigenvalue weighted by atomic mass is 9.80. The number of ether oxygens (including phenoxy) is 4. The summed E-state index contributed by atoms with van der Waals surface area (Å²) < 4.78 is 23.6. The minimum atomic E-state index is -1.28. The van der Waals surface area contributed by atoms with Crippen LogP contribution in [0.2, 0.25) is 0 Å². The zero-order valence-electron chi connectivity index (χ0n) is 23.7. The normalized spacial score (nSPS) is 44.7. The van der Waals surface area contributed by atoms with Gasteiger partial charge in [-0.1, -0.05) is 33.8 Å². The topological polar surface area (TPSA) is 129 Å². The van der Waals surface area contributed by atoms with Gasteiger partial charge in [-0.3, -0.25) is 14.4 Å². The average molecular weight is 533 g/mol. The van der Waals surface area contributed by atoms with Gasteiger partial charge in [0.05, 0.1) is 5.92 Å². The fraction of sp³-hybridized carbons (Fsp3) is 0.724. The van der Waals surface area contributed by atoms with Gasteiger partial charge in [-0.15, -0.1) is 0 Å². The number of rotatable bonds is 4. The zero-order valence-corrected chi connectivity index (χ0v) is 23.7. The number of hydrogen-bond acceptors (Lipinski definition) is 9. The molecular formula is C29H40O9. The maximum atomic E-state index is 14.2. The van der Waals surface area contributed by atoms with E-state index in [1.807, 2.05) is 20.8 Å². The van der Waals surface area contributed by atoms with Gasteiger partial charge in [0.25, 0.3) is 0 Å². The smallest absolute Gasteiger partial charge is 0.333 e. The van der Waals surface area contributed by atoms with Crippen molar-refractivity contribution in [3.63, 3.8) is 0 Å². The average Bonchev–Trinajstić information content (AvgIpc) is 3.62. The number of aliphatic hydroxyl groups is 1. The van der Waals surface area contributed by atoms with E-state index in [-0.39, 0.29) is 23.5 Å². The minimum absolute atomic E-state index is 0.198. The van der Waals surface area contributed by atoms with Crippen LogP contribution in [0.1, 0.15) is 68.7 Å². The molecule has 2 saturated carbocycles. The first-order valence-electron chi connectivity index (χ1n) is 13.4. The van der Waals surface area contributed by atoms with Crippen molar-refractivity contribution in [1.29, 1.82) is 0 Å². The van der Waals surface area contributed by atoms with Gasteiger partial charge in [0.1, 0.15) is 24.4 Å². The summed E-state index contributed by atoms with van der Waals surface area (Å²) in [5, 5.41) is 11.6. The largest absolute Gasteiger partial charge is 0.461 e. The molecule has 1 heterocycles. The fourth-order valence-corrected chi connectivity index (χ4v) is 7.21. The number of aliphatic hydroxyl groups excluding tert-OH is 1. The fourth-order valence-electron chi connectivity index (χ4n) is 7.21. The van der Waals surface area contributed by atoms with Crippen LogP contribution in [-0.2, 0) is 38.1 Å². The lowest BCUT2D eigenvalue weighted by Gasteiger charge is -2.28. The molecule has 1 N–H and O–H groups in total. The van der Waals surface area contributed by atoms with Crippen LogP contribution in [0.5, 0.6) is 0 Å². The number of hydrogen-bond donors (Lipinski definition) is 1. The second-order valence-electron chi connectivity index (χ2n) is 12.2. The Bertz CT molecular complexity index is 1120. The lowest BCUT2D eigenvalue weighted by Crippen LogP contribution is -2.43. The van der Waals surface area contributed by atoms with Crippen LogP contribution in [0.3, 0.4) is 0 Å². The van der Waals surface area contributed by atoms with Crippen LogP contribution in [0.15, 0.2) is 23.3 Å². The molecule has 0 aromatic heterocycles. The third-order valence-corrected chi connectivity index (χ3v) is 9.30.